The number of para-hydroxylation sites is 1. The highest BCUT2D eigenvalue weighted by Crippen LogP contribution is 2.55. The van der Waals surface area contributed by atoms with Gasteiger partial charge < -0.3 is 4.90 Å². The van der Waals surface area contributed by atoms with E-state index in [1.165, 1.54) is 0 Å². The van der Waals surface area contributed by atoms with E-state index >= 15 is 0 Å². The molecule has 1 saturated heterocycles. The van der Waals surface area contributed by atoms with Crippen LogP contribution in [0.4, 0.5) is 5.69 Å². The van der Waals surface area contributed by atoms with Gasteiger partial charge in [0.25, 0.3) is 0 Å². The van der Waals surface area contributed by atoms with Crippen molar-refractivity contribution in [3.05, 3.63) is 66.0 Å². The van der Waals surface area contributed by atoms with Crippen molar-refractivity contribution in [2.75, 3.05) is 4.90 Å². The van der Waals surface area contributed by atoms with Crippen LogP contribution in [0.5, 0.6) is 0 Å². The van der Waals surface area contributed by atoms with Crippen molar-refractivity contribution in [2.24, 2.45) is 10.8 Å². The minimum Gasteiger partial charge on any atom is -0.351 e. The number of rotatable bonds is 2. The van der Waals surface area contributed by atoms with Crippen LogP contribution in [0.3, 0.4) is 0 Å². The second-order valence-electron chi connectivity index (χ2n) is 8.68. The summed E-state index contributed by atoms with van der Waals surface area (Å²) in [6.45, 7) is 5.66. The average molecular weight is 382 g/mol. The standard InChI is InChI=1S/C24H22N4O/c1-23(2,3)22(29)21-20(17-10-12-27-13-11-17)24(14-25,15-26)19-9-8-16-6-4-5-7-18(16)28(19)21/h4-13,19-21H,1-3H3/t19-,20+,21+/m1/s1. The number of nitriles is 2. The van der Waals surface area contributed by atoms with Crippen molar-refractivity contribution >= 4 is 17.5 Å². The van der Waals surface area contributed by atoms with Gasteiger partial charge in [-0.15, -0.1) is 0 Å². The second-order valence-corrected chi connectivity index (χ2v) is 8.68. The number of fused-ring (bicyclic) bond motifs is 3. The molecule has 0 N–H and O–H groups in total. The molecule has 0 saturated carbocycles. The van der Waals surface area contributed by atoms with Crippen LogP contribution in [0, 0.1) is 33.5 Å². The zero-order chi connectivity index (χ0) is 20.8. The highest BCUT2D eigenvalue weighted by atomic mass is 16.1. The lowest BCUT2D eigenvalue weighted by molar-refractivity contribution is -0.127. The van der Waals surface area contributed by atoms with Crippen LogP contribution in [0.2, 0.25) is 0 Å². The van der Waals surface area contributed by atoms with Crippen LogP contribution in [0.25, 0.3) is 6.08 Å². The number of hydrogen-bond acceptors (Lipinski definition) is 5. The lowest BCUT2D eigenvalue weighted by Crippen LogP contribution is -2.47. The first-order valence-electron chi connectivity index (χ1n) is 9.67. The molecule has 5 nitrogen and oxygen atoms in total. The smallest absolute Gasteiger partial charge is 0.176 e. The fraction of sp³-hybridized carbons (Fsp3) is 0.333. The van der Waals surface area contributed by atoms with Crippen LogP contribution in [-0.4, -0.2) is 22.9 Å². The molecule has 0 aliphatic carbocycles. The Morgan fingerprint density at radius 3 is 2.38 bits per heavy atom. The lowest BCUT2D eigenvalue weighted by Gasteiger charge is -2.37. The molecule has 144 valence electrons. The number of carbonyl (C=O) groups is 1. The monoisotopic (exact) mass is 382 g/mol. The maximum absolute atomic E-state index is 13.7. The van der Waals surface area contributed by atoms with Crippen molar-refractivity contribution in [1.29, 1.82) is 10.5 Å². The molecule has 0 spiro atoms. The number of Topliss-reactive ketones (excluding diaryl/α,β-unsaturated/α-hetero) is 1. The van der Waals surface area contributed by atoms with E-state index in [0.717, 1.165) is 16.8 Å². The van der Waals surface area contributed by atoms with Gasteiger partial charge in [-0.2, -0.15) is 10.5 Å². The molecule has 5 heteroatoms. The first-order chi connectivity index (χ1) is 13.8. The van der Waals surface area contributed by atoms with Gasteiger partial charge in [0.1, 0.15) is 0 Å². The summed E-state index contributed by atoms with van der Waals surface area (Å²) in [7, 11) is 0. The zero-order valence-electron chi connectivity index (χ0n) is 16.7. The van der Waals surface area contributed by atoms with E-state index in [2.05, 4.69) is 17.1 Å². The Morgan fingerprint density at radius 2 is 1.76 bits per heavy atom. The number of benzene rings is 1. The van der Waals surface area contributed by atoms with Crippen molar-refractivity contribution in [2.45, 2.75) is 38.8 Å². The number of pyridine rings is 1. The maximum atomic E-state index is 13.7. The largest absolute Gasteiger partial charge is 0.351 e. The summed E-state index contributed by atoms with van der Waals surface area (Å²) in [6.07, 6.45) is 7.15. The molecule has 0 radical (unpaired) electrons. The third-order valence-electron chi connectivity index (χ3n) is 5.99. The van der Waals surface area contributed by atoms with E-state index in [9.17, 15) is 15.3 Å². The number of hydrogen-bond donors (Lipinski definition) is 0. The SMILES string of the molecule is CC(C)(C)C(=O)[C@@H]1[C@H](c2ccncc2)C(C#N)(C#N)[C@H]2C=Cc3ccccc3N12. The predicted molar refractivity (Wildman–Crippen MR) is 111 cm³/mol. The Hall–Kier alpha value is -3.44. The molecule has 1 aromatic carbocycles. The summed E-state index contributed by atoms with van der Waals surface area (Å²) < 4.78 is 0. The minimum absolute atomic E-state index is 0.0155. The van der Waals surface area contributed by atoms with Gasteiger partial charge in [-0.3, -0.25) is 9.78 Å². The maximum Gasteiger partial charge on any atom is 0.176 e. The first kappa shape index (κ1) is 18.9. The molecule has 4 rings (SSSR count). The highest BCUT2D eigenvalue weighted by molar-refractivity contribution is 5.96. The van der Waals surface area contributed by atoms with Gasteiger partial charge in [0, 0.05) is 29.4 Å². The summed E-state index contributed by atoms with van der Waals surface area (Å²) in [5, 5.41) is 20.6. The molecule has 2 aromatic rings. The Balaban J connectivity index is 2.03. The molecule has 0 amide bonds. The first-order valence-corrected chi connectivity index (χ1v) is 9.67. The number of aromatic nitrogens is 1. The number of anilines is 1. The van der Waals surface area contributed by atoms with Crippen molar-refractivity contribution in [3.63, 3.8) is 0 Å². The van der Waals surface area contributed by atoms with Gasteiger partial charge in [0.2, 0.25) is 0 Å². The van der Waals surface area contributed by atoms with E-state index in [0.29, 0.717) is 0 Å². The van der Waals surface area contributed by atoms with Crippen LogP contribution < -0.4 is 4.90 Å². The molecule has 0 unspecified atom stereocenters. The quantitative estimate of drug-likeness (QED) is 0.781. The number of carbonyl (C=O) groups excluding carboxylic acids is 1. The Labute approximate surface area is 170 Å². The highest BCUT2D eigenvalue weighted by Gasteiger charge is 2.64. The van der Waals surface area contributed by atoms with Crippen molar-refractivity contribution < 1.29 is 4.79 Å². The molecular weight excluding hydrogens is 360 g/mol. The van der Waals surface area contributed by atoms with E-state index in [1.54, 1.807) is 12.4 Å². The van der Waals surface area contributed by atoms with E-state index < -0.39 is 28.8 Å². The van der Waals surface area contributed by atoms with Gasteiger partial charge in [0.15, 0.2) is 11.2 Å². The molecule has 2 aliphatic rings. The summed E-state index contributed by atoms with van der Waals surface area (Å²) in [4.78, 5) is 19.8. The third kappa shape index (κ3) is 2.66. The molecule has 29 heavy (non-hydrogen) atoms. The molecule has 1 fully saturated rings. The van der Waals surface area contributed by atoms with Crippen LogP contribution in [0.1, 0.15) is 37.8 Å². The van der Waals surface area contributed by atoms with Crippen LogP contribution in [0.15, 0.2) is 54.9 Å². The van der Waals surface area contributed by atoms with Gasteiger partial charge in [-0.1, -0.05) is 51.1 Å². The minimum atomic E-state index is -1.39. The summed E-state index contributed by atoms with van der Waals surface area (Å²) in [5.41, 5.74) is 0.629. The predicted octanol–water partition coefficient (Wildman–Crippen LogP) is 4.10. The van der Waals surface area contributed by atoms with Gasteiger partial charge in [-0.05, 0) is 29.3 Å². The van der Waals surface area contributed by atoms with E-state index in [4.69, 9.17) is 0 Å². The Kier molecular flexibility index (Phi) is 4.28. The normalized spacial score (nSPS) is 24.2. The van der Waals surface area contributed by atoms with Gasteiger partial charge >= 0.3 is 0 Å². The third-order valence-corrected chi connectivity index (χ3v) is 5.99. The second kappa shape index (κ2) is 6.57. The van der Waals surface area contributed by atoms with Gasteiger partial charge in [0.05, 0.1) is 24.2 Å². The molecule has 3 atom stereocenters. The van der Waals surface area contributed by atoms with E-state index in [-0.39, 0.29) is 5.78 Å². The van der Waals surface area contributed by atoms with Gasteiger partial charge in [-0.25, -0.2) is 0 Å². The topological polar surface area (TPSA) is 80.8 Å². The lowest BCUT2D eigenvalue weighted by atomic mass is 9.68. The summed E-state index contributed by atoms with van der Waals surface area (Å²) in [5.74, 6) is -0.574. The Bertz CT molecular complexity index is 1050. The number of ketones is 1. The van der Waals surface area contributed by atoms with Crippen molar-refractivity contribution in [1.82, 2.24) is 4.98 Å². The zero-order valence-corrected chi connectivity index (χ0v) is 16.7. The fourth-order valence-electron chi connectivity index (χ4n) is 4.62. The number of nitrogens with zero attached hydrogens (tertiary/aromatic N) is 4. The van der Waals surface area contributed by atoms with Crippen LogP contribution in [-0.2, 0) is 4.79 Å². The molecule has 3 heterocycles. The molecule has 2 aliphatic heterocycles. The van der Waals surface area contributed by atoms with E-state index in [1.807, 2.05) is 74.2 Å². The Morgan fingerprint density at radius 1 is 1.10 bits per heavy atom. The van der Waals surface area contributed by atoms with Crippen LogP contribution >= 0.6 is 0 Å². The molecular formula is C24H22N4O. The summed E-state index contributed by atoms with van der Waals surface area (Å²) >= 11 is 0. The fourth-order valence-corrected chi connectivity index (χ4v) is 4.62. The molecule has 0 bridgehead atoms. The van der Waals surface area contributed by atoms with Crippen molar-refractivity contribution in [3.8, 4) is 12.1 Å². The average Bonchev–Trinajstić information content (AvgIpc) is 3.04. The summed E-state index contributed by atoms with van der Waals surface area (Å²) in [6, 6.07) is 14.9. The molecule has 1 aromatic heterocycles.